The molecule has 0 radical (unpaired) electrons. The third kappa shape index (κ3) is 4.37. The van der Waals surface area contributed by atoms with Gasteiger partial charge in [-0.3, -0.25) is 14.7 Å². The minimum absolute atomic E-state index is 0.0987. The lowest BCUT2D eigenvalue weighted by Gasteiger charge is -2.04. The van der Waals surface area contributed by atoms with Crippen LogP contribution in [-0.2, 0) is 24.2 Å². The highest BCUT2D eigenvalue weighted by molar-refractivity contribution is 7.16. The van der Waals surface area contributed by atoms with Gasteiger partial charge >= 0.3 is 5.97 Å². The lowest BCUT2D eigenvalue weighted by molar-refractivity contribution is -0.137. The van der Waals surface area contributed by atoms with Crippen molar-refractivity contribution in [1.82, 2.24) is 14.8 Å². The summed E-state index contributed by atoms with van der Waals surface area (Å²) in [6.45, 7) is 0.137. The van der Waals surface area contributed by atoms with E-state index in [1.165, 1.54) is 9.44 Å². The summed E-state index contributed by atoms with van der Waals surface area (Å²) in [5.74, 6) is -0.937. The van der Waals surface area contributed by atoms with E-state index in [9.17, 15) is 9.59 Å². The zero-order valence-corrected chi connectivity index (χ0v) is 14.8. The smallest absolute Gasteiger partial charge is 0.305 e. The van der Waals surface area contributed by atoms with Crippen LogP contribution in [0.25, 0.3) is 11.3 Å². The van der Waals surface area contributed by atoms with Gasteiger partial charge in [0.05, 0.1) is 22.0 Å². The number of halogens is 1. The molecule has 3 rings (SSSR count). The van der Waals surface area contributed by atoms with Gasteiger partial charge in [0.15, 0.2) is 0 Å². The second-order valence-corrected chi connectivity index (χ2v) is 7.35. The van der Waals surface area contributed by atoms with Crippen LogP contribution in [0.2, 0.25) is 4.34 Å². The molecule has 3 aromatic heterocycles. The molecule has 0 amide bonds. The van der Waals surface area contributed by atoms with Crippen molar-refractivity contribution in [2.45, 2.75) is 25.8 Å². The standard InChI is InChI=1S/C17H16ClN3O3S/c18-15-6-5-12(25-15)4-3-11-10-14(20-19-11)13-2-1-8-21(17(13)24)9-7-16(22)23/h1-2,5-6,8,10H,3-4,7,9H2,(H,19,20)(H,22,23). The summed E-state index contributed by atoms with van der Waals surface area (Å²) in [7, 11) is 0. The van der Waals surface area contributed by atoms with E-state index in [-0.39, 0.29) is 18.5 Å². The van der Waals surface area contributed by atoms with E-state index in [0.29, 0.717) is 11.3 Å². The number of aryl methyl sites for hydroxylation is 3. The fourth-order valence-corrected chi connectivity index (χ4v) is 3.58. The van der Waals surface area contributed by atoms with Crippen molar-refractivity contribution in [2.75, 3.05) is 0 Å². The van der Waals surface area contributed by atoms with Crippen molar-refractivity contribution >= 4 is 28.9 Å². The first kappa shape index (κ1) is 17.4. The van der Waals surface area contributed by atoms with Crippen LogP contribution in [0.5, 0.6) is 0 Å². The number of H-pyrrole nitrogens is 1. The fraction of sp³-hybridized carbons (Fsp3) is 0.235. The molecule has 0 saturated heterocycles. The van der Waals surface area contributed by atoms with Gasteiger partial charge in [-0.25, -0.2) is 0 Å². The summed E-state index contributed by atoms with van der Waals surface area (Å²) in [5, 5.41) is 16.0. The summed E-state index contributed by atoms with van der Waals surface area (Å²) in [6, 6.07) is 9.15. The monoisotopic (exact) mass is 377 g/mol. The van der Waals surface area contributed by atoms with Gasteiger partial charge < -0.3 is 9.67 Å². The zero-order valence-electron chi connectivity index (χ0n) is 13.2. The second kappa shape index (κ2) is 7.67. The lowest BCUT2D eigenvalue weighted by atomic mass is 10.1. The van der Waals surface area contributed by atoms with Gasteiger partial charge in [-0.1, -0.05) is 11.6 Å². The predicted molar refractivity (Wildman–Crippen MR) is 97.3 cm³/mol. The molecule has 3 heterocycles. The van der Waals surface area contributed by atoms with Crippen molar-refractivity contribution in [2.24, 2.45) is 0 Å². The van der Waals surface area contributed by atoms with Crippen molar-refractivity contribution in [1.29, 1.82) is 0 Å². The summed E-state index contributed by atoms with van der Waals surface area (Å²) in [5.41, 5.74) is 1.70. The highest BCUT2D eigenvalue weighted by Crippen LogP contribution is 2.23. The number of aromatic amines is 1. The van der Waals surface area contributed by atoms with Crippen LogP contribution >= 0.6 is 22.9 Å². The highest BCUT2D eigenvalue weighted by Gasteiger charge is 2.11. The Hall–Kier alpha value is -2.38. The Morgan fingerprint density at radius 3 is 2.88 bits per heavy atom. The molecule has 0 aliphatic carbocycles. The SMILES string of the molecule is O=C(O)CCn1cccc(-c2cc(CCc3ccc(Cl)s3)[nH]n2)c1=O. The molecule has 0 bridgehead atoms. The fourth-order valence-electron chi connectivity index (χ4n) is 2.50. The molecule has 6 nitrogen and oxygen atoms in total. The zero-order chi connectivity index (χ0) is 17.8. The molecule has 2 N–H and O–H groups in total. The Kier molecular flexibility index (Phi) is 5.35. The lowest BCUT2D eigenvalue weighted by Crippen LogP contribution is -2.22. The quantitative estimate of drug-likeness (QED) is 0.661. The number of carboxylic acids is 1. The normalized spacial score (nSPS) is 10.9. The maximum absolute atomic E-state index is 12.5. The number of aromatic nitrogens is 3. The molecular formula is C17H16ClN3O3S. The van der Waals surface area contributed by atoms with Gasteiger partial charge in [-0.15, -0.1) is 11.3 Å². The van der Waals surface area contributed by atoms with Gasteiger partial charge in [0.25, 0.3) is 5.56 Å². The number of hydrogen-bond acceptors (Lipinski definition) is 4. The van der Waals surface area contributed by atoms with Crippen molar-refractivity contribution in [3.05, 3.63) is 61.8 Å². The minimum Gasteiger partial charge on any atom is -0.481 e. The van der Waals surface area contributed by atoms with Gasteiger partial charge in [-0.2, -0.15) is 5.10 Å². The molecule has 0 aliphatic heterocycles. The first-order valence-corrected chi connectivity index (χ1v) is 8.92. The number of rotatable bonds is 7. The van der Waals surface area contributed by atoms with Gasteiger partial charge in [-0.05, 0) is 43.2 Å². The second-order valence-electron chi connectivity index (χ2n) is 5.55. The molecule has 0 saturated carbocycles. The largest absolute Gasteiger partial charge is 0.481 e. The Balaban J connectivity index is 1.74. The minimum atomic E-state index is -0.937. The van der Waals surface area contributed by atoms with Crippen LogP contribution < -0.4 is 5.56 Å². The predicted octanol–water partition coefficient (Wildman–Crippen LogP) is 3.21. The van der Waals surface area contributed by atoms with Crippen molar-refractivity contribution < 1.29 is 9.90 Å². The number of aliphatic carboxylic acids is 1. The Morgan fingerprint density at radius 2 is 2.16 bits per heavy atom. The number of pyridine rings is 1. The van der Waals surface area contributed by atoms with Crippen LogP contribution in [0.1, 0.15) is 17.0 Å². The average Bonchev–Trinajstić information content (AvgIpc) is 3.21. The van der Waals surface area contributed by atoms with Crippen LogP contribution in [0.15, 0.2) is 41.3 Å². The van der Waals surface area contributed by atoms with Crippen molar-refractivity contribution in [3.8, 4) is 11.3 Å². The molecule has 3 aromatic rings. The number of nitrogens with one attached hydrogen (secondary N) is 1. The average molecular weight is 378 g/mol. The molecule has 0 aromatic carbocycles. The number of thiophene rings is 1. The molecule has 0 atom stereocenters. The summed E-state index contributed by atoms with van der Waals surface area (Å²) < 4.78 is 2.16. The molecule has 0 fully saturated rings. The van der Waals surface area contributed by atoms with E-state index < -0.39 is 5.97 Å². The topological polar surface area (TPSA) is 88.0 Å². The molecule has 130 valence electrons. The van der Waals surface area contributed by atoms with E-state index >= 15 is 0 Å². The van der Waals surface area contributed by atoms with E-state index in [1.54, 1.807) is 29.7 Å². The molecular weight excluding hydrogens is 362 g/mol. The van der Waals surface area contributed by atoms with E-state index in [4.69, 9.17) is 16.7 Å². The summed E-state index contributed by atoms with van der Waals surface area (Å²) in [6.07, 6.45) is 3.10. The van der Waals surface area contributed by atoms with E-state index in [0.717, 1.165) is 22.9 Å². The van der Waals surface area contributed by atoms with Gasteiger partial charge in [0, 0.05) is 23.3 Å². The molecule has 8 heteroatoms. The molecule has 0 spiro atoms. The number of carboxylic acid groups (broad SMARTS) is 1. The summed E-state index contributed by atoms with van der Waals surface area (Å²) in [4.78, 5) is 24.4. The molecule has 25 heavy (non-hydrogen) atoms. The molecule has 0 unspecified atom stereocenters. The Bertz CT molecular complexity index is 945. The van der Waals surface area contributed by atoms with Crippen LogP contribution in [0.4, 0.5) is 0 Å². The van der Waals surface area contributed by atoms with Crippen molar-refractivity contribution in [3.63, 3.8) is 0 Å². The number of hydrogen-bond donors (Lipinski definition) is 2. The number of carbonyl (C=O) groups is 1. The first-order chi connectivity index (χ1) is 12.0. The van der Waals surface area contributed by atoms with Crippen LogP contribution in [0.3, 0.4) is 0 Å². The van der Waals surface area contributed by atoms with Crippen LogP contribution in [-0.4, -0.2) is 25.8 Å². The van der Waals surface area contributed by atoms with Gasteiger partial charge in [0.2, 0.25) is 0 Å². The number of nitrogens with zero attached hydrogens (tertiary/aromatic N) is 2. The van der Waals surface area contributed by atoms with E-state index in [2.05, 4.69) is 10.2 Å². The summed E-state index contributed by atoms with van der Waals surface area (Å²) >= 11 is 7.48. The third-order valence-electron chi connectivity index (χ3n) is 3.76. The molecule has 0 aliphatic rings. The maximum Gasteiger partial charge on any atom is 0.305 e. The first-order valence-electron chi connectivity index (χ1n) is 7.73. The Labute approximate surface area is 152 Å². The maximum atomic E-state index is 12.5. The van der Waals surface area contributed by atoms with Crippen LogP contribution in [0, 0.1) is 0 Å². The third-order valence-corrected chi connectivity index (χ3v) is 5.05. The van der Waals surface area contributed by atoms with Gasteiger partial charge in [0.1, 0.15) is 0 Å². The highest BCUT2D eigenvalue weighted by atomic mass is 35.5. The van der Waals surface area contributed by atoms with E-state index in [1.807, 2.05) is 18.2 Å². The Morgan fingerprint density at radius 1 is 1.32 bits per heavy atom.